The van der Waals surface area contributed by atoms with Crippen molar-refractivity contribution < 1.29 is 5.11 Å². The molecular weight excluding hydrogens is 204 g/mol. The van der Waals surface area contributed by atoms with E-state index in [0.717, 1.165) is 0 Å². The minimum absolute atomic E-state index is 0.133. The number of rotatable bonds is 1. The van der Waals surface area contributed by atoms with Gasteiger partial charge in [0.2, 0.25) is 0 Å². The van der Waals surface area contributed by atoms with Gasteiger partial charge in [-0.3, -0.25) is 9.36 Å². The van der Waals surface area contributed by atoms with Crippen LogP contribution in [-0.4, -0.2) is 9.67 Å². The maximum Gasteiger partial charge on any atom is 0.255 e. The van der Waals surface area contributed by atoms with Crippen LogP contribution in [0.15, 0.2) is 47.4 Å². The Morgan fingerprint density at radius 2 is 1.81 bits per heavy atom. The van der Waals surface area contributed by atoms with E-state index < -0.39 is 0 Å². The summed E-state index contributed by atoms with van der Waals surface area (Å²) in [7, 11) is 0. The number of phenols is 1. The van der Waals surface area contributed by atoms with Crippen LogP contribution in [0.1, 0.15) is 5.56 Å². The molecule has 0 saturated carbocycles. The summed E-state index contributed by atoms with van der Waals surface area (Å²) in [5.74, 6) is 0.133. The highest BCUT2D eigenvalue weighted by Crippen LogP contribution is 2.12. The van der Waals surface area contributed by atoms with Gasteiger partial charge < -0.3 is 5.11 Å². The highest BCUT2D eigenvalue weighted by molar-refractivity contribution is 5.38. The van der Waals surface area contributed by atoms with E-state index in [1.165, 1.54) is 35.0 Å². The molecule has 16 heavy (non-hydrogen) atoms. The maximum atomic E-state index is 11.6. The molecule has 1 aromatic heterocycles. The number of hydrogen-bond donors (Lipinski definition) is 1. The van der Waals surface area contributed by atoms with Crippen LogP contribution >= 0.6 is 0 Å². The summed E-state index contributed by atoms with van der Waals surface area (Å²) in [5, 5.41) is 17.9. The monoisotopic (exact) mass is 212 g/mol. The molecule has 0 bridgehead atoms. The lowest BCUT2D eigenvalue weighted by molar-refractivity contribution is 0.475. The van der Waals surface area contributed by atoms with Crippen molar-refractivity contribution in [2.24, 2.45) is 0 Å². The van der Waals surface area contributed by atoms with Gasteiger partial charge in [0.25, 0.3) is 5.56 Å². The van der Waals surface area contributed by atoms with Crippen LogP contribution in [-0.2, 0) is 0 Å². The van der Waals surface area contributed by atoms with E-state index in [1.54, 1.807) is 12.1 Å². The zero-order valence-electron chi connectivity index (χ0n) is 8.29. The molecule has 2 aromatic rings. The molecule has 1 aromatic carbocycles. The Labute approximate surface area is 91.6 Å². The van der Waals surface area contributed by atoms with Crippen molar-refractivity contribution in [3.8, 4) is 17.5 Å². The molecule has 4 nitrogen and oxygen atoms in total. The minimum atomic E-state index is -0.218. The molecule has 4 heteroatoms. The molecule has 0 aliphatic heterocycles. The standard InChI is InChI=1S/C12H8N2O2/c13-7-9-1-6-12(16)14(8-9)10-2-4-11(15)5-3-10/h1-6,8,15H. The molecule has 0 aliphatic carbocycles. The third kappa shape index (κ3) is 1.79. The second-order valence-corrected chi connectivity index (χ2v) is 3.25. The number of aromatic nitrogens is 1. The molecular formula is C12H8N2O2. The highest BCUT2D eigenvalue weighted by Gasteiger charge is 2.00. The van der Waals surface area contributed by atoms with Crippen LogP contribution in [0.25, 0.3) is 5.69 Å². The smallest absolute Gasteiger partial charge is 0.255 e. The number of nitrogens with zero attached hydrogens (tertiary/aromatic N) is 2. The summed E-state index contributed by atoms with van der Waals surface area (Å²) >= 11 is 0. The van der Waals surface area contributed by atoms with Gasteiger partial charge >= 0.3 is 0 Å². The van der Waals surface area contributed by atoms with Gasteiger partial charge in [-0.1, -0.05) is 0 Å². The van der Waals surface area contributed by atoms with Crippen molar-refractivity contribution in [3.05, 3.63) is 58.5 Å². The molecule has 0 fully saturated rings. The van der Waals surface area contributed by atoms with Gasteiger partial charge in [-0.15, -0.1) is 0 Å². The summed E-state index contributed by atoms with van der Waals surface area (Å²) < 4.78 is 1.36. The van der Waals surface area contributed by atoms with Crippen molar-refractivity contribution in [1.82, 2.24) is 4.57 Å². The van der Waals surface area contributed by atoms with Crippen molar-refractivity contribution in [2.45, 2.75) is 0 Å². The Balaban J connectivity index is 2.60. The lowest BCUT2D eigenvalue weighted by Gasteiger charge is -2.05. The Morgan fingerprint density at radius 3 is 2.44 bits per heavy atom. The van der Waals surface area contributed by atoms with E-state index in [1.807, 2.05) is 6.07 Å². The van der Waals surface area contributed by atoms with Crippen LogP contribution in [0.4, 0.5) is 0 Å². The van der Waals surface area contributed by atoms with Crippen molar-refractivity contribution in [2.75, 3.05) is 0 Å². The van der Waals surface area contributed by atoms with E-state index in [0.29, 0.717) is 11.3 Å². The second-order valence-electron chi connectivity index (χ2n) is 3.25. The molecule has 0 unspecified atom stereocenters. The van der Waals surface area contributed by atoms with E-state index >= 15 is 0 Å². The van der Waals surface area contributed by atoms with Crippen LogP contribution in [0, 0.1) is 11.3 Å². The number of nitriles is 1. The Morgan fingerprint density at radius 1 is 1.12 bits per heavy atom. The molecule has 1 N–H and O–H groups in total. The molecule has 0 atom stereocenters. The third-order valence-electron chi connectivity index (χ3n) is 2.17. The SMILES string of the molecule is N#Cc1ccc(=O)n(-c2ccc(O)cc2)c1. The van der Waals surface area contributed by atoms with Gasteiger partial charge in [0.05, 0.1) is 5.56 Å². The number of hydrogen-bond acceptors (Lipinski definition) is 3. The summed E-state index contributed by atoms with van der Waals surface area (Å²) in [4.78, 5) is 11.6. The normalized spacial score (nSPS) is 9.69. The quantitative estimate of drug-likeness (QED) is 0.777. The van der Waals surface area contributed by atoms with Gasteiger partial charge in [-0.25, -0.2) is 0 Å². The average molecular weight is 212 g/mol. The molecule has 0 amide bonds. The Hall–Kier alpha value is -2.54. The Bertz CT molecular complexity index is 606. The summed E-state index contributed by atoms with van der Waals surface area (Å²) in [6.07, 6.45) is 1.47. The number of benzene rings is 1. The van der Waals surface area contributed by atoms with Crippen LogP contribution < -0.4 is 5.56 Å². The molecule has 0 radical (unpaired) electrons. The van der Waals surface area contributed by atoms with Crippen molar-refractivity contribution in [1.29, 1.82) is 5.26 Å². The molecule has 78 valence electrons. The van der Waals surface area contributed by atoms with Gasteiger partial charge in [-0.2, -0.15) is 5.26 Å². The topological polar surface area (TPSA) is 66.0 Å². The first-order valence-corrected chi connectivity index (χ1v) is 4.63. The van der Waals surface area contributed by atoms with E-state index in [2.05, 4.69) is 0 Å². The molecule has 0 aliphatic rings. The van der Waals surface area contributed by atoms with Gasteiger partial charge in [-0.05, 0) is 30.3 Å². The van der Waals surface area contributed by atoms with Crippen LogP contribution in [0.5, 0.6) is 5.75 Å². The second kappa shape index (κ2) is 3.91. The first kappa shape index (κ1) is 9.99. The fourth-order valence-corrected chi connectivity index (χ4v) is 1.37. The first-order valence-electron chi connectivity index (χ1n) is 4.63. The van der Waals surface area contributed by atoms with Crippen LogP contribution in [0.2, 0.25) is 0 Å². The first-order chi connectivity index (χ1) is 7.70. The van der Waals surface area contributed by atoms with E-state index in [4.69, 9.17) is 10.4 Å². The van der Waals surface area contributed by atoms with Gasteiger partial charge in [0.15, 0.2) is 0 Å². The summed E-state index contributed by atoms with van der Waals surface area (Å²) in [6, 6.07) is 11.0. The zero-order valence-corrected chi connectivity index (χ0v) is 8.29. The lowest BCUT2D eigenvalue weighted by atomic mass is 10.2. The predicted molar refractivity (Wildman–Crippen MR) is 58.4 cm³/mol. The van der Waals surface area contributed by atoms with Crippen molar-refractivity contribution >= 4 is 0 Å². The highest BCUT2D eigenvalue weighted by atomic mass is 16.3. The minimum Gasteiger partial charge on any atom is -0.508 e. The fraction of sp³-hybridized carbons (Fsp3) is 0. The number of aromatic hydroxyl groups is 1. The zero-order chi connectivity index (χ0) is 11.5. The maximum absolute atomic E-state index is 11.6. The Kier molecular flexibility index (Phi) is 2.44. The van der Waals surface area contributed by atoms with E-state index in [9.17, 15) is 4.79 Å². The van der Waals surface area contributed by atoms with Gasteiger partial charge in [0, 0.05) is 18.0 Å². The van der Waals surface area contributed by atoms with Crippen LogP contribution in [0.3, 0.4) is 0 Å². The third-order valence-corrected chi connectivity index (χ3v) is 2.17. The molecule has 2 rings (SSSR count). The molecule has 1 heterocycles. The molecule has 0 spiro atoms. The fourth-order valence-electron chi connectivity index (χ4n) is 1.37. The summed E-state index contributed by atoms with van der Waals surface area (Å²) in [6.45, 7) is 0. The molecule has 0 saturated heterocycles. The van der Waals surface area contributed by atoms with Crippen molar-refractivity contribution in [3.63, 3.8) is 0 Å². The van der Waals surface area contributed by atoms with Gasteiger partial charge in [0.1, 0.15) is 11.8 Å². The lowest BCUT2D eigenvalue weighted by Crippen LogP contribution is -2.16. The predicted octanol–water partition coefficient (Wildman–Crippen LogP) is 1.41. The summed E-state index contributed by atoms with van der Waals surface area (Å²) in [5.41, 5.74) is 0.803. The number of pyridine rings is 1. The van der Waals surface area contributed by atoms with E-state index in [-0.39, 0.29) is 11.3 Å². The average Bonchev–Trinajstić information content (AvgIpc) is 2.31. The largest absolute Gasteiger partial charge is 0.508 e. The number of phenolic OH excluding ortho intramolecular Hbond substituents is 1.